The molecule has 1 aromatic rings. The van der Waals surface area contributed by atoms with E-state index in [2.05, 4.69) is 32.9 Å². The second-order valence-electron chi connectivity index (χ2n) is 6.53. The number of hydrogen-bond donors (Lipinski definition) is 0. The predicted octanol–water partition coefficient (Wildman–Crippen LogP) is 5.50. The monoisotopic (exact) mass is 320 g/mol. The fourth-order valence-corrected chi connectivity index (χ4v) is 2.90. The molecule has 130 valence electrons. The molecule has 1 fully saturated rings. The van der Waals surface area contributed by atoms with Crippen molar-refractivity contribution in [2.75, 3.05) is 13.2 Å². The SMILES string of the molecule is CCCCCC1COC(c2ccc(OCCCC)cc2)OC1C. The van der Waals surface area contributed by atoms with Gasteiger partial charge >= 0.3 is 0 Å². The summed E-state index contributed by atoms with van der Waals surface area (Å²) in [6, 6.07) is 8.12. The maximum Gasteiger partial charge on any atom is 0.184 e. The van der Waals surface area contributed by atoms with Crippen molar-refractivity contribution in [3.63, 3.8) is 0 Å². The maximum absolute atomic E-state index is 6.09. The number of rotatable bonds is 9. The first-order valence-electron chi connectivity index (χ1n) is 9.24. The lowest BCUT2D eigenvalue weighted by Gasteiger charge is -2.35. The van der Waals surface area contributed by atoms with Gasteiger partial charge in [0.25, 0.3) is 0 Å². The van der Waals surface area contributed by atoms with Crippen molar-refractivity contribution in [2.45, 2.75) is 71.7 Å². The summed E-state index contributed by atoms with van der Waals surface area (Å²) in [7, 11) is 0. The Balaban J connectivity index is 1.81. The molecule has 3 unspecified atom stereocenters. The summed E-state index contributed by atoms with van der Waals surface area (Å²) in [5.74, 6) is 1.44. The first-order valence-corrected chi connectivity index (χ1v) is 9.24. The molecule has 0 amide bonds. The summed E-state index contributed by atoms with van der Waals surface area (Å²) >= 11 is 0. The highest BCUT2D eigenvalue weighted by Crippen LogP contribution is 2.32. The Morgan fingerprint density at radius 2 is 1.78 bits per heavy atom. The molecule has 1 heterocycles. The zero-order valence-electron chi connectivity index (χ0n) is 14.9. The molecule has 0 aliphatic carbocycles. The van der Waals surface area contributed by atoms with Gasteiger partial charge in [0.05, 0.1) is 19.3 Å². The minimum absolute atomic E-state index is 0.239. The van der Waals surface area contributed by atoms with Gasteiger partial charge in [0.15, 0.2) is 6.29 Å². The zero-order valence-corrected chi connectivity index (χ0v) is 14.9. The van der Waals surface area contributed by atoms with Gasteiger partial charge in [-0.3, -0.25) is 0 Å². The third-order valence-corrected chi connectivity index (χ3v) is 4.56. The number of unbranched alkanes of at least 4 members (excludes halogenated alkanes) is 3. The molecule has 0 aromatic heterocycles. The van der Waals surface area contributed by atoms with E-state index in [1.165, 1.54) is 25.7 Å². The largest absolute Gasteiger partial charge is 0.494 e. The van der Waals surface area contributed by atoms with Crippen LogP contribution in [0.4, 0.5) is 0 Å². The van der Waals surface area contributed by atoms with E-state index in [1.54, 1.807) is 0 Å². The van der Waals surface area contributed by atoms with Gasteiger partial charge in [-0.2, -0.15) is 0 Å². The van der Waals surface area contributed by atoms with Gasteiger partial charge in [-0.25, -0.2) is 0 Å². The Morgan fingerprint density at radius 3 is 2.43 bits per heavy atom. The molecule has 3 nitrogen and oxygen atoms in total. The fraction of sp³-hybridized carbons (Fsp3) is 0.700. The van der Waals surface area contributed by atoms with E-state index in [1.807, 2.05) is 12.1 Å². The molecular weight excluding hydrogens is 288 g/mol. The van der Waals surface area contributed by atoms with Crippen LogP contribution in [0.15, 0.2) is 24.3 Å². The lowest BCUT2D eigenvalue weighted by molar-refractivity contribution is -0.237. The average molecular weight is 320 g/mol. The van der Waals surface area contributed by atoms with Crippen LogP contribution < -0.4 is 4.74 Å². The molecule has 1 aliphatic rings. The summed E-state index contributed by atoms with van der Waals surface area (Å²) in [6.45, 7) is 8.16. The quantitative estimate of drug-likeness (QED) is 0.563. The van der Waals surface area contributed by atoms with Crippen LogP contribution in [0, 0.1) is 5.92 Å². The van der Waals surface area contributed by atoms with Crippen molar-refractivity contribution in [3.8, 4) is 5.75 Å². The van der Waals surface area contributed by atoms with Gasteiger partial charge in [0.1, 0.15) is 5.75 Å². The van der Waals surface area contributed by atoms with Crippen molar-refractivity contribution < 1.29 is 14.2 Å². The molecule has 23 heavy (non-hydrogen) atoms. The molecule has 0 N–H and O–H groups in total. The van der Waals surface area contributed by atoms with Crippen LogP contribution in [0.5, 0.6) is 5.75 Å². The summed E-state index contributed by atoms with van der Waals surface area (Å²) in [5.41, 5.74) is 1.08. The third-order valence-electron chi connectivity index (χ3n) is 4.56. The van der Waals surface area contributed by atoms with E-state index in [9.17, 15) is 0 Å². The van der Waals surface area contributed by atoms with Crippen LogP contribution in [0.1, 0.15) is 71.1 Å². The van der Waals surface area contributed by atoms with Gasteiger partial charge in [-0.1, -0.05) is 51.7 Å². The molecule has 0 radical (unpaired) electrons. The van der Waals surface area contributed by atoms with Crippen LogP contribution in [0.2, 0.25) is 0 Å². The number of ether oxygens (including phenoxy) is 3. The standard InChI is InChI=1S/C20H32O3/c1-4-6-8-9-18-15-22-20(23-16(18)3)17-10-12-19(13-11-17)21-14-7-5-2/h10-13,16,18,20H,4-9,14-15H2,1-3H3. The lowest BCUT2D eigenvalue weighted by Crippen LogP contribution is -2.34. The second kappa shape index (κ2) is 9.94. The van der Waals surface area contributed by atoms with Crippen LogP contribution in [-0.2, 0) is 9.47 Å². The third kappa shape index (κ3) is 5.82. The average Bonchev–Trinajstić information content (AvgIpc) is 2.57. The molecule has 3 atom stereocenters. The van der Waals surface area contributed by atoms with E-state index in [4.69, 9.17) is 14.2 Å². The summed E-state index contributed by atoms with van der Waals surface area (Å²) in [6.07, 6.45) is 7.29. The van der Waals surface area contributed by atoms with Gasteiger partial charge < -0.3 is 14.2 Å². The minimum atomic E-state index is -0.239. The zero-order chi connectivity index (χ0) is 16.5. The Hall–Kier alpha value is -1.06. The van der Waals surface area contributed by atoms with E-state index in [0.29, 0.717) is 5.92 Å². The molecule has 1 aromatic carbocycles. The highest BCUT2D eigenvalue weighted by Gasteiger charge is 2.29. The van der Waals surface area contributed by atoms with Gasteiger partial charge in [-0.15, -0.1) is 0 Å². The number of benzene rings is 1. The molecule has 2 rings (SSSR count). The van der Waals surface area contributed by atoms with Crippen LogP contribution in [0.25, 0.3) is 0 Å². The number of hydrogen-bond acceptors (Lipinski definition) is 3. The summed E-state index contributed by atoms with van der Waals surface area (Å²) in [4.78, 5) is 0. The van der Waals surface area contributed by atoms with Gasteiger partial charge in [0.2, 0.25) is 0 Å². The Bertz CT molecular complexity index is 429. The Kier molecular flexibility index (Phi) is 7.90. The normalized spacial score (nSPS) is 24.6. The van der Waals surface area contributed by atoms with Crippen LogP contribution in [-0.4, -0.2) is 19.3 Å². The van der Waals surface area contributed by atoms with E-state index >= 15 is 0 Å². The molecule has 0 spiro atoms. The van der Waals surface area contributed by atoms with E-state index < -0.39 is 0 Å². The minimum Gasteiger partial charge on any atom is -0.494 e. The predicted molar refractivity (Wildman–Crippen MR) is 93.7 cm³/mol. The smallest absolute Gasteiger partial charge is 0.184 e. The summed E-state index contributed by atoms with van der Waals surface area (Å²) < 4.78 is 17.7. The summed E-state index contributed by atoms with van der Waals surface area (Å²) in [5, 5.41) is 0. The van der Waals surface area contributed by atoms with Crippen molar-refractivity contribution in [1.82, 2.24) is 0 Å². The van der Waals surface area contributed by atoms with E-state index in [-0.39, 0.29) is 12.4 Å². The molecule has 1 saturated heterocycles. The van der Waals surface area contributed by atoms with Crippen LogP contribution >= 0.6 is 0 Å². The lowest BCUT2D eigenvalue weighted by atomic mass is 9.96. The van der Waals surface area contributed by atoms with E-state index in [0.717, 1.165) is 37.4 Å². The molecule has 0 saturated carbocycles. The fourth-order valence-electron chi connectivity index (χ4n) is 2.90. The highest BCUT2D eigenvalue weighted by atomic mass is 16.7. The topological polar surface area (TPSA) is 27.7 Å². The van der Waals surface area contributed by atoms with Crippen molar-refractivity contribution in [3.05, 3.63) is 29.8 Å². The van der Waals surface area contributed by atoms with Crippen LogP contribution in [0.3, 0.4) is 0 Å². The van der Waals surface area contributed by atoms with Crippen molar-refractivity contribution >= 4 is 0 Å². The second-order valence-corrected chi connectivity index (χ2v) is 6.53. The molecular formula is C20H32O3. The molecule has 0 bridgehead atoms. The van der Waals surface area contributed by atoms with Crippen molar-refractivity contribution in [2.24, 2.45) is 5.92 Å². The first-order chi connectivity index (χ1) is 11.2. The Labute approximate surface area is 141 Å². The maximum atomic E-state index is 6.09. The highest BCUT2D eigenvalue weighted by molar-refractivity contribution is 5.28. The molecule has 3 heteroatoms. The Morgan fingerprint density at radius 1 is 1.04 bits per heavy atom. The molecule has 1 aliphatic heterocycles. The van der Waals surface area contributed by atoms with Gasteiger partial charge in [0, 0.05) is 11.5 Å². The van der Waals surface area contributed by atoms with Gasteiger partial charge in [-0.05, 0) is 31.9 Å². The van der Waals surface area contributed by atoms with Crippen molar-refractivity contribution in [1.29, 1.82) is 0 Å². The first kappa shape index (κ1) is 18.3.